The third-order valence-corrected chi connectivity index (χ3v) is 6.51. The number of H-pyrrole nitrogens is 1. The Balaban J connectivity index is 2.68. The van der Waals surface area contributed by atoms with Crippen molar-refractivity contribution < 1.29 is 13.3 Å². The molecule has 0 bridgehead atoms. The van der Waals surface area contributed by atoms with Crippen molar-refractivity contribution >= 4 is 33.0 Å². The Morgan fingerprint density at radius 1 is 1.14 bits per heavy atom. The van der Waals surface area contributed by atoms with E-state index in [1.165, 1.54) is 0 Å². The number of nitrogens with two attached hydrogens (primary N) is 1. The first-order valence-corrected chi connectivity index (χ1v) is 10.6. The molecule has 0 amide bonds. The fourth-order valence-electron chi connectivity index (χ4n) is 2.05. The predicted molar refractivity (Wildman–Crippen MR) is 91.0 cm³/mol. The van der Waals surface area contributed by atoms with Gasteiger partial charge < -0.3 is 18.3 Å². The van der Waals surface area contributed by atoms with Gasteiger partial charge in [-0.3, -0.25) is 5.14 Å². The van der Waals surface area contributed by atoms with E-state index in [4.69, 9.17) is 30.6 Å². The van der Waals surface area contributed by atoms with Crippen LogP contribution in [0.4, 0.5) is 0 Å². The molecule has 0 fully saturated rings. The first kappa shape index (κ1) is 19.7. The molecule has 0 radical (unpaired) electrons. The van der Waals surface area contributed by atoms with E-state index in [9.17, 15) is 0 Å². The van der Waals surface area contributed by atoms with Crippen LogP contribution in [0.25, 0.3) is 0 Å². The van der Waals surface area contributed by atoms with Gasteiger partial charge in [0, 0.05) is 32.3 Å². The molecule has 22 heavy (non-hydrogen) atoms. The fourth-order valence-corrected chi connectivity index (χ4v) is 5.23. The van der Waals surface area contributed by atoms with E-state index in [2.05, 4.69) is 15.0 Å². The molecule has 7 nitrogen and oxygen atoms in total. The van der Waals surface area contributed by atoms with Crippen LogP contribution < -0.4 is 5.14 Å². The predicted octanol–water partition coefficient (Wildman–Crippen LogP) is 2.48. The third-order valence-electron chi connectivity index (χ3n) is 2.77. The summed E-state index contributed by atoms with van der Waals surface area (Å²) in [5.74, 6) is 0.764. The number of hydrogen-bond donors (Lipinski definition) is 2. The van der Waals surface area contributed by atoms with Crippen molar-refractivity contribution in [2.75, 3.05) is 19.8 Å². The molecule has 3 N–H and O–H groups in total. The molecule has 10 heteroatoms. The molecule has 0 aliphatic rings. The molecular formula is C12H24N4O3S2Si. The Hall–Kier alpha value is -0.363. The molecule has 1 aromatic rings. The topological polar surface area (TPSA) is 95.3 Å². The summed E-state index contributed by atoms with van der Waals surface area (Å²) in [4.78, 5) is 11.3. The van der Waals surface area contributed by atoms with Gasteiger partial charge in [-0.1, -0.05) is 0 Å². The number of aryl methyl sites for hydroxylation is 1. The molecule has 0 atom stereocenters. The lowest BCUT2D eigenvalue weighted by Gasteiger charge is -2.28. The minimum absolute atomic E-state index is 0.390. The van der Waals surface area contributed by atoms with Gasteiger partial charge in [-0.15, -0.1) is 0 Å². The maximum atomic E-state index is 5.82. The Morgan fingerprint density at radius 2 is 1.73 bits per heavy atom. The number of nitrogens with zero attached hydrogens (tertiary/aromatic N) is 2. The summed E-state index contributed by atoms with van der Waals surface area (Å²) in [6.07, 6.45) is 1.53. The maximum absolute atomic E-state index is 5.82. The minimum atomic E-state index is -2.60. The van der Waals surface area contributed by atoms with Gasteiger partial charge >= 0.3 is 8.80 Å². The second kappa shape index (κ2) is 10.4. The largest absolute Gasteiger partial charge is 0.500 e. The lowest BCUT2D eigenvalue weighted by molar-refractivity contribution is 0.0708. The molecule has 0 saturated carbocycles. The molecule has 0 aliphatic heterocycles. The Morgan fingerprint density at radius 3 is 2.23 bits per heavy atom. The van der Waals surface area contributed by atoms with Gasteiger partial charge in [-0.2, -0.15) is 4.98 Å². The highest BCUT2D eigenvalue weighted by Gasteiger charge is 2.39. The summed E-state index contributed by atoms with van der Waals surface area (Å²) in [6.45, 7) is 7.59. The zero-order valence-corrected chi connectivity index (χ0v) is 15.9. The molecule has 0 saturated heterocycles. The fraction of sp³-hybridized carbons (Fsp3) is 0.750. The van der Waals surface area contributed by atoms with Crippen molar-refractivity contribution in [3.63, 3.8) is 0 Å². The average molecular weight is 365 g/mol. The van der Waals surface area contributed by atoms with Gasteiger partial charge in [-0.25, -0.2) is 4.98 Å². The summed E-state index contributed by atoms with van der Waals surface area (Å²) >= 11 is 6.05. The van der Waals surface area contributed by atoms with Crippen molar-refractivity contribution in [1.29, 1.82) is 0 Å². The number of rotatable bonds is 11. The van der Waals surface area contributed by atoms with E-state index in [0.717, 1.165) is 30.2 Å². The van der Waals surface area contributed by atoms with Crippen LogP contribution in [0.1, 0.15) is 33.0 Å². The summed E-state index contributed by atoms with van der Waals surface area (Å²) in [5.41, 5.74) is 0. The highest BCUT2D eigenvalue weighted by molar-refractivity contribution is 7.96. The van der Waals surface area contributed by atoms with Crippen LogP contribution in [0.5, 0.6) is 0 Å². The Kier molecular flexibility index (Phi) is 9.32. The molecule has 1 rings (SSSR count). The van der Waals surface area contributed by atoms with Crippen molar-refractivity contribution in [2.45, 2.75) is 44.8 Å². The highest BCUT2D eigenvalue weighted by Crippen LogP contribution is 2.19. The molecule has 0 unspecified atom stereocenters. The van der Waals surface area contributed by atoms with E-state index in [1.807, 2.05) is 20.8 Å². The monoisotopic (exact) mass is 364 g/mol. The zero-order chi connectivity index (χ0) is 16.4. The Labute approximate surface area is 141 Å². The summed E-state index contributed by atoms with van der Waals surface area (Å²) in [7, 11) is -2.60. The van der Waals surface area contributed by atoms with E-state index in [1.54, 1.807) is 0 Å². The summed E-state index contributed by atoms with van der Waals surface area (Å²) < 4.78 is 17.9. The molecule has 0 spiro atoms. The minimum Gasteiger partial charge on any atom is -0.374 e. The van der Waals surface area contributed by atoms with Crippen LogP contribution in [0.2, 0.25) is 6.04 Å². The highest BCUT2D eigenvalue weighted by atomic mass is 32.2. The van der Waals surface area contributed by atoms with Crippen molar-refractivity contribution in [2.24, 2.45) is 5.14 Å². The lowest BCUT2D eigenvalue weighted by Crippen LogP contribution is -2.46. The van der Waals surface area contributed by atoms with Crippen molar-refractivity contribution in [3.8, 4) is 0 Å². The molecular weight excluding hydrogens is 340 g/mol. The number of nitrogens with one attached hydrogen (secondary N) is 1. The molecule has 126 valence electrons. The van der Waals surface area contributed by atoms with E-state index in [-0.39, 0.29) is 0 Å². The van der Waals surface area contributed by atoms with Gasteiger partial charge in [0.15, 0.2) is 0 Å². The van der Waals surface area contributed by atoms with E-state index in [0.29, 0.717) is 36.2 Å². The molecule has 0 aromatic carbocycles. The SMILES string of the molecule is CCO[Si](CCCc1nc(SN)nc(=S)[nH]1)(OCC)OCC. The molecule has 1 aromatic heterocycles. The van der Waals surface area contributed by atoms with Gasteiger partial charge in [0.2, 0.25) is 9.93 Å². The van der Waals surface area contributed by atoms with Crippen LogP contribution in [-0.2, 0) is 19.7 Å². The standard InChI is InChI=1S/C12H24N4O3S2Si/c1-4-17-22(18-5-2,19-6-3)9-7-8-10-14-11(20)16-12(15-10)21-13/h4-9,13H2,1-3H3,(H,14,15,16,20). The maximum Gasteiger partial charge on any atom is 0.500 e. The first-order valence-electron chi connectivity index (χ1n) is 7.35. The Bertz CT molecular complexity index is 486. The lowest BCUT2D eigenvalue weighted by atomic mass is 10.3. The number of aromatic nitrogens is 3. The number of aromatic amines is 1. The van der Waals surface area contributed by atoms with E-state index < -0.39 is 8.80 Å². The van der Waals surface area contributed by atoms with Gasteiger partial charge in [0.1, 0.15) is 5.82 Å². The quantitative estimate of drug-likeness (QED) is 0.351. The van der Waals surface area contributed by atoms with Crippen LogP contribution in [0.3, 0.4) is 0 Å². The van der Waals surface area contributed by atoms with Crippen molar-refractivity contribution in [1.82, 2.24) is 15.0 Å². The first-order chi connectivity index (χ1) is 10.6. The van der Waals surface area contributed by atoms with Gasteiger partial charge in [0.05, 0.1) is 0 Å². The second-order valence-corrected chi connectivity index (χ2v) is 8.06. The average Bonchev–Trinajstić information content (AvgIpc) is 2.47. The zero-order valence-electron chi connectivity index (χ0n) is 13.3. The smallest absolute Gasteiger partial charge is 0.374 e. The van der Waals surface area contributed by atoms with Crippen LogP contribution in [-0.4, -0.2) is 43.6 Å². The van der Waals surface area contributed by atoms with Crippen LogP contribution in [0.15, 0.2) is 5.16 Å². The second-order valence-electron chi connectivity index (χ2n) is 4.34. The van der Waals surface area contributed by atoms with E-state index >= 15 is 0 Å². The third kappa shape index (κ3) is 6.40. The van der Waals surface area contributed by atoms with Gasteiger partial charge in [0.25, 0.3) is 0 Å². The van der Waals surface area contributed by atoms with Crippen molar-refractivity contribution in [3.05, 3.63) is 10.6 Å². The van der Waals surface area contributed by atoms with Crippen LogP contribution in [0, 0.1) is 4.77 Å². The molecule has 1 heterocycles. The molecule has 0 aliphatic carbocycles. The summed E-state index contributed by atoms with van der Waals surface area (Å²) in [6, 6.07) is 0.734. The van der Waals surface area contributed by atoms with Crippen LogP contribution >= 0.6 is 24.2 Å². The number of hydrogen-bond acceptors (Lipinski definition) is 8. The normalized spacial score (nSPS) is 11.8. The summed E-state index contributed by atoms with van der Waals surface area (Å²) in [5, 5.41) is 5.96. The van der Waals surface area contributed by atoms with Gasteiger partial charge in [-0.05, 0) is 51.4 Å².